The molecule has 1 aromatic carbocycles. The summed E-state index contributed by atoms with van der Waals surface area (Å²) in [6.07, 6.45) is 2.37. The molecule has 1 saturated heterocycles. The molecule has 1 aliphatic rings. The molecule has 0 aliphatic carbocycles. The second-order valence-electron chi connectivity index (χ2n) is 6.16. The van der Waals surface area contributed by atoms with Gasteiger partial charge in [-0.3, -0.25) is 9.69 Å². The lowest BCUT2D eigenvalue weighted by Gasteiger charge is -2.32. The van der Waals surface area contributed by atoms with E-state index in [0.29, 0.717) is 24.6 Å². The van der Waals surface area contributed by atoms with Crippen LogP contribution < -0.4 is 10.6 Å². The molecule has 23 heavy (non-hydrogen) atoms. The number of hydrogen-bond acceptors (Lipinski definition) is 3. The number of benzene rings is 1. The Morgan fingerprint density at radius 3 is 2.91 bits per heavy atom. The zero-order chi connectivity index (χ0) is 15.9. The van der Waals surface area contributed by atoms with Gasteiger partial charge in [0.15, 0.2) is 0 Å². The molecule has 0 radical (unpaired) electrons. The van der Waals surface area contributed by atoms with Gasteiger partial charge in [-0.25, -0.2) is 4.39 Å². The fourth-order valence-corrected chi connectivity index (χ4v) is 2.96. The first-order valence-electron chi connectivity index (χ1n) is 7.97. The van der Waals surface area contributed by atoms with Gasteiger partial charge in [0.05, 0.1) is 6.54 Å². The first-order valence-corrected chi connectivity index (χ1v) is 7.97. The molecule has 2 rings (SSSR count). The first-order chi connectivity index (χ1) is 10.6. The summed E-state index contributed by atoms with van der Waals surface area (Å²) in [5.74, 6) is 0.404. The van der Waals surface area contributed by atoms with Crippen molar-refractivity contribution >= 4 is 18.3 Å². The van der Waals surface area contributed by atoms with Crippen LogP contribution in [-0.2, 0) is 11.3 Å². The van der Waals surface area contributed by atoms with E-state index in [1.165, 1.54) is 12.5 Å². The molecule has 1 fully saturated rings. The minimum absolute atomic E-state index is 0. The molecule has 0 spiro atoms. The van der Waals surface area contributed by atoms with Gasteiger partial charge in [-0.15, -0.1) is 12.4 Å². The van der Waals surface area contributed by atoms with Crippen LogP contribution in [0.4, 0.5) is 4.39 Å². The SMILES string of the molecule is CNCC1CCCN(CC(=O)NCc2ccc(C)c(F)c2)C1.Cl. The summed E-state index contributed by atoms with van der Waals surface area (Å²) in [5.41, 5.74) is 1.42. The highest BCUT2D eigenvalue weighted by atomic mass is 35.5. The highest BCUT2D eigenvalue weighted by Crippen LogP contribution is 2.15. The van der Waals surface area contributed by atoms with Crippen LogP contribution in [0.3, 0.4) is 0 Å². The van der Waals surface area contributed by atoms with Crippen LogP contribution in [0.2, 0.25) is 0 Å². The van der Waals surface area contributed by atoms with Gasteiger partial charge in [-0.05, 0) is 63.0 Å². The number of amides is 1. The summed E-state index contributed by atoms with van der Waals surface area (Å²) in [5, 5.41) is 6.08. The lowest BCUT2D eigenvalue weighted by atomic mass is 9.98. The fraction of sp³-hybridized carbons (Fsp3) is 0.588. The van der Waals surface area contributed by atoms with Crippen molar-refractivity contribution in [1.82, 2.24) is 15.5 Å². The quantitative estimate of drug-likeness (QED) is 0.831. The average Bonchev–Trinajstić information content (AvgIpc) is 2.49. The van der Waals surface area contributed by atoms with Crippen molar-refractivity contribution < 1.29 is 9.18 Å². The maximum Gasteiger partial charge on any atom is 0.234 e. The molecule has 1 amide bonds. The Morgan fingerprint density at radius 2 is 2.22 bits per heavy atom. The molecule has 6 heteroatoms. The van der Waals surface area contributed by atoms with Crippen LogP contribution >= 0.6 is 12.4 Å². The van der Waals surface area contributed by atoms with Gasteiger partial charge < -0.3 is 10.6 Å². The van der Waals surface area contributed by atoms with E-state index in [2.05, 4.69) is 15.5 Å². The first kappa shape index (κ1) is 19.9. The Morgan fingerprint density at radius 1 is 1.43 bits per heavy atom. The normalized spacial score (nSPS) is 18.3. The molecule has 1 heterocycles. The Bertz CT molecular complexity index is 511. The van der Waals surface area contributed by atoms with E-state index in [9.17, 15) is 9.18 Å². The standard InChI is InChI=1S/C17H26FN3O.ClH/c1-13-5-6-14(8-16(13)18)10-20-17(22)12-21-7-3-4-15(11-21)9-19-2;/h5-6,8,15,19H,3-4,7,9-12H2,1-2H3,(H,20,22);1H. The number of nitrogens with one attached hydrogen (secondary N) is 2. The van der Waals surface area contributed by atoms with Crippen molar-refractivity contribution in [3.8, 4) is 0 Å². The molecule has 1 unspecified atom stereocenters. The van der Waals surface area contributed by atoms with Gasteiger partial charge in [0, 0.05) is 13.1 Å². The van der Waals surface area contributed by atoms with Gasteiger partial charge in [0.1, 0.15) is 5.82 Å². The largest absolute Gasteiger partial charge is 0.351 e. The van der Waals surface area contributed by atoms with Gasteiger partial charge in [-0.2, -0.15) is 0 Å². The fourth-order valence-electron chi connectivity index (χ4n) is 2.96. The highest BCUT2D eigenvalue weighted by Gasteiger charge is 2.20. The van der Waals surface area contributed by atoms with Gasteiger partial charge in [-0.1, -0.05) is 12.1 Å². The zero-order valence-electron chi connectivity index (χ0n) is 13.9. The maximum atomic E-state index is 13.5. The van der Waals surface area contributed by atoms with Crippen LogP contribution in [0.15, 0.2) is 18.2 Å². The predicted molar refractivity (Wildman–Crippen MR) is 93.3 cm³/mol. The molecule has 4 nitrogen and oxygen atoms in total. The van der Waals surface area contributed by atoms with Crippen LogP contribution in [0.1, 0.15) is 24.0 Å². The zero-order valence-corrected chi connectivity index (χ0v) is 14.7. The van der Waals surface area contributed by atoms with Crippen LogP contribution in [0, 0.1) is 18.7 Å². The van der Waals surface area contributed by atoms with Gasteiger partial charge in [0.25, 0.3) is 0 Å². The summed E-state index contributed by atoms with van der Waals surface area (Å²) in [6.45, 7) is 5.48. The average molecular weight is 344 g/mol. The summed E-state index contributed by atoms with van der Waals surface area (Å²) in [4.78, 5) is 14.2. The Labute approximate surface area is 144 Å². The summed E-state index contributed by atoms with van der Waals surface area (Å²) in [6, 6.07) is 5.08. The van der Waals surface area contributed by atoms with Crippen molar-refractivity contribution in [1.29, 1.82) is 0 Å². The predicted octanol–water partition coefficient (Wildman–Crippen LogP) is 2.10. The maximum absolute atomic E-state index is 13.5. The second-order valence-corrected chi connectivity index (χ2v) is 6.16. The number of halogens is 2. The van der Waals surface area contributed by atoms with Crippen molar-refractivity contribution in [2.24, 2.45) is 5.92 Å². The Hall–Kier alpha value is -1.17. The molecule has 1 aromatic rings. The molecule has 2 N–H and O–H groups in total. The molecular weight excluding hydrogens is 317 g/mol. The van der Waals surface area contributed by atoms with Crippen molar-refractivity contribution in [2.45, 2.75) is 26.3 Å². The van der Waals surface area contributed by atoms with E-state index in [-0.39, 0.29) is 24.1 Å². The number of likely N-dealkylation sites (tertiary alicyclic amines) is 1. The molecule has 0 aromatic heterocycles. The smallest absolute Gasteiger partial charge is 0.234 e. The van der Waals surface area contributed by atoms with E-state index in [4.69, 9.17) is 0 Å². The molecule has 0 bridgehead atoms. The van der Waals surface area contributed by atoms with Crippen LogP contribution in [0.25, 0.3) is 0 Å². The minimum Gasteiger partial charge on any atom is -0.351 e. The monoisotopic (exact) mass is 343 g/mol. The van der Waals surface area contributed by atoms with Crippen LogP contribution in [0.5, 0.6) is 0 Å². The van der Waals surface area contributed by atoms with Gasteiger partial charge >= 0.3 is 0 Å². The highest BCUT2D eigenvalue weighted by molar-refractivity contribution is 5.85. The molecule has 1 atom stereocenters. The van der Waals surface area contributed by atoms with Gasteiger partial charge in [0.2, 0.25) is 5.91 Å². The second kappa shape index (κ2) is 9.85. The van der Waals surface area contributed by atoms with E-state index in [1.54, 1.807) is 13.0 Å². The van der Waals surface area contributed by atoms with Crippen molar-refractivity contribution in [3.05, 3.63) is 35.1 Å². The van der Waals surface area contributed by atoms with Crippen LogP contribution in [-0.4, -0.2) is 44.0 Å². The number of rotatable bonds is 6. The summed E-state index contributed by atoms with van der Waals surface area (Å²) >= 11 is 0. The number of nitrogens with zero attached hydrogens (tertiary/aromatic N) is 1. The number of hydrogen-bond donors (Lipinski definition) is 2. The third-order valence-corrected chi connectivity index (χ3v) is 4.19. The number of piperidine rings is 1. The Balaban J connectivity index is 0.00000264. The topological polar surface area (TPSA) is 44.4 Å². The lowest BCUT2D eigenvalue weighted by Crippen LogP contribution is -2.44. The molecule has 0 saturated carbocycles. The van der Waals surface area contributed by atoms with E-state index < -0.39 is 0 Å². The molecular formula is C17H27ClFN3O. The Kier molecular flexibility index (Phi) is 8.52. The number of carbonyl (C=O) groups is 1. The summed E-state index contributed by atoms with van der Waals surface area (Å²) in [7, 11) is 1.96. The van der Waals surface area contributed by atoms with E-state index in [0.717, 1.165) is 31.6 Å². The molecule has 1 aliphatic heterocycles. The number of carbonyl (C=O) groups excluding carboxylic acids is 1. The molecule has 130 valence electrons. The van der Waals surface area contributed by atoms with E-state index >= 15 is 0 Å². The minimum atomic E-state index is -0.224. The third kappa shape index (κ3) is 6.45. The summed E-state index contributed by atoms with van der Waals surface area (Å²) < 4.78 is 13.5. The van der Waals surface area contributed by atoms with Crippen molar-refractivity contribution in [3.63, 3.8) is 0 Å². The van der Waals surface area contributed by atoms with Crippen molar-refractivity contribution in [2.75, 3.05) is 33.2 Å². The lowest BCUT2D eigenvalue weighted by molar-refractivity contribution is -0.122. The van der Waals surface area contributed by atoms with E-state index in [1.807, 2.05) is 13.1 Å². The number of aryl methyl sites for hydroxylation is 1. The third-order valence-electron chi connectivity index (χ3n) is 4.19.